The van der Waals surface area contributed by atoms with E-state index in [1.807, 2.05) is 27.7 Å². The number of H-pyrrole nitrogens is 2. The number of hydrogen-bond donors (Lipinski definition) is 3. The van der Waals surface area contributed by atoms with Crippen molar-refractivity contribution in [1.82, 2.24) is 30.7 Å². The predicted molar refractivity (Wildman–Crippen MR) is 76.5 cm³/mol. The van der Waals surface area contributed by atoms with Gasteiger partial charge in [-0.05, 0) is 27.7 Å². The number of hydrogen-bond acceptors (Lipinski definition) is 5. The second-order valence-electron chi connectivity index (χ2n) is 4.63. The smallest absolute Gasteiger partial charge is 0.230 e. The number of rotatable bonds is 5. The summed E-state index contributed by atoms with van der Waals surface area (Å²) in [5.74, 6) is 0.980. The van der Waals surface area contributed by atoms with E-state index in [4.69, 9.17) is 0 Å². The average Bonchev–Trinajstić information content (AvgIpc) is 2.93. The number of carbonyl (C=O) groups excluding carboxylic acids is 1. The van der Waals surface area contributed by atoms with Crippen LogP contribution < -0.4 is 5.32 Å². The van der Waals surface area contributed by atoms with Gasteiger partial charge in [0.1, 0.15) is 5.82 Å². The number of aryl methyl sites for hydroxylation is 3. The van der Waals surface area contributed by atoms with Crippen LogP contribution in [0, 0.1) is 20.8 Å². The van der Waals surface area contributed by atoms with Crippen molar-refractivity contribution in [3.8, 4) is 0 Å². The van der Waals surface area contributed by atoms with Crippen molar-refractivity contribution in [2.75, 3.05) is 5.75 Å². The monoisotopic (exact) mass is 294 g/mol. The number of thioether (sulfide) groups is 1. The second-order valence-corrected chi connectivity index (χ2v) is 5.57. The van der Waals surface area contributed by atoms with E-state index < -0.39 is 0 Å². The highest BCUT2D eigenvalue weighted by Crippen LogP contribution is 2.19. The van der Waals surface area contributed by atoms with Gasteiger partial charge in [0.15, 0.2) is 0 Å². The van der Waals surface area contributed by atoms with Gasteiger partial charge in [0, 0.05) is 11.3 Å². The Morgan fingerprint density at radius 1 is 1.30 bits per heavy atom. The lowest BCUT2D eigenvalue weighted by Crippen LogP contribution is -2.28. The molecular weight excluding hydrogens is 276 g/mol. The third-order valence-electron chi connectivity index (χ3n) is 2.90. The first-order valence-corrected chi connectivity index (χ1v) is 7.28. The lowest BCUT2D eigenvalue weighted by Gasteiger charge is -2.14. The molecule has 2 aromatic rings. The SMILES string of the molecule is Cc1nc(SCC(=O)N[C@@H](C)c2c(C)n[nH]c2C)n[nH]1. The van der Waals surface area contributed by atoms with Gasteiger partial charge in [-0.3, -0.25) is 15.0 Å². The Balaban J connectivity index is 1.88. The molecule has 1 amide bonds. The van der Waals surface area contributed by atoms with E-state index in [0.29, 0.717) is 5.16 Å². The van der Waals surface area contributed by atoms with E-state index in [2.05, 4.69) is 30.7 Å². The molecule has 0 aliphatic rings. The van der Waals surface area contributed by atoms with Gasteiger partial charge in [0.05, 0.1) is 17.5 Å². The van der Waals surface area contributed by atoms with Crippen molar-refractivity contribution in [1.29, 1.82) is 0 Å². The summed E-state index contributed by atoms with van der Waals surface area (Å²) >= 11 is 1.31. The fraction of sp³-hybridized carbons (Fsp3) is 0.500. The van der Waals surface area contributed by atoms with E-state index in [0.717, 1.165) is 22.8 Å². The zero-order valence-corrected chi connectivity index (χ0v) is 12.8. The van der Waals surface area contributed by atoms with Crippen molar-refractivity contribution >= 4 is 17.7 Å². The first-order chi connectivity index (χ1) is 9.47. The molecule has 0 saturated carbocycles. The zero-order valence-electron chi connectivity index (χ0n) is 11.9. The third kappa shape index (κ3) is 3.38. The molecule has 0 unspecified atom stereocenters. The van der Waals surface area contributed by atoms with Gasteiger partial charge >= 0.3 is 0 Å². The molecule has 0 radical (unpaired) electrons. The van der Waals surface area contributed by atoms with Crippen LogP contribution in [-0.2, 0) is 4.79 Å². The highest BCUT2D eigenvalue weighted by molar-refractivity contribution is 7.99. The Morgan fingerprint density at radius 3 is 2.60 bits per heavy atom. The van der Waals surface area contributed by atoms with Crippen LogP contribution >= 0.6 is 11.8 Å². The van der Waals surface area contributed by atoms with Crippen LogP contribution in [0.3, 0.4) is 0 Å². The zero-order chi connectivity index (χ0) is 14.7. The molecule has 0 saturated heterocycles. The van der Waals surface area contributed by atoms with Crippen LogP contribution in [0.5, 0.6) is 0 Å². The summed E-state index contributed by atoms with van der Waals surface area (Å²) in [4.78, 5) is 16.1. The average molecular weight is 294 g/mol. The maximum Gasteiger partial charge on any atom is 0.230 e. The van der Waals surface area contributed by atoms with Gasteiger partial charge < -0.3 is 5.32 Å². The van der Waals surface area contributed by atoms with E-state index in [1.165, 1.54) is 11.8 Å². The van der Waals surface area contributed by atoms with Gasteiger partial charge in [0.25, 0.3) is 0 Å². The molecule has 0 aliphatic carbocycles. The molecule has 0 bridgehead atoms. The lowest BCUT2D eigenvalue weighted by atomic mass is 10.1. The molecule has 2 rings (SSSR count). The summed E-state index contributed by atoms with van der Waals surface area (Å²) in [6.45, 7) is 7.64. The molecular formula is C12H18N6OS. The minimum absolute atomic E-state index is 0.0510. The maximum absolute atomic E-state index is 11.9. The molecule has 0 fully saturated rings. The first kappa shape index (κ1) is 14.6. The molecule has 0 spiro atoms. The van der Waals surface area contributed by atoms with E-state index in [9.17, 15) is 4.79 Å². The molecule has 0 aromatic carbocycles. The second kappa shape index (κ2) is 6.08. The van der Waals surface area contributed by atoms with Crippen LogP contribution in [0.1, 0.15) is 35.7 Å². The van der Waals surface area contributed by atoms with E-state index in [-0.39, 0.29) is 17.7 Å². The summed E-state index contributed by atoms with van der Waals surface area (Å²) in [6, 6.07) is -0.0734. The molecule has 2 aromatic heterocycles. The number of amides is 1. The fourth-order valence-electron chi connectivity index (χ4n) is 2.07. The van der Waals surface area contributed by atoms with Gasteiger partial charge in [-0.15, -0.1) is 5.10 Å². The third-order valence-corrected chi connectivity index (χ3v) is 3.75. The molecule has 20 heavy (non-hydrogen) atoms. The van der Waals surface area contributed by atoms with Crippen LogP contribution in [0.2, 0.25) is 0 Å². The summed E-state index contributed by atoms with van der Waals surface area (Å²) < 4.78 is 0. The molecule has 3 N–H and O–H groups in total. The Hall–Kier alpha value is -1.83. The number of nitrogens with zero attached hydrogens (tertiary/aromatic N) is 3. The van der Waals surface area contributed by atoms with Crippen LogP contribution in [-0.4, -0.2) is 37.0 Å². The minimum atomic E-state index is -0.0734. The molecule has 8 heteroatoms. The molecule has 7 nitrogen and oxygen atoms in total. The summed E-state index contributed by atoms with van der Waals surface area (Å²) in [7, 11) is 0. The Morgan fingerprint density at radius 2 is 2.05 bits per heavy atom. The normalized spacial score (nSPS) is 12.4. The van der Waals surface area contributed by atoms with Gasteiger partial charge in [-0.25, -0.2) is 4.98 Å². The number of aromatic nitrogens is 5. The fourth-order valence-corrected chi connectivity index (χ4v) is 2.72. The van der Waals surface area contributed by atoms with Crippen LogP contribution in [0.25, 0.3) is 0 Å². The van der Waals surface area contributed by atoms with Gasteiger partial charge in [0.2, 0.25) is 11.1 Å². The van der Waals surface area contributed by atoms with Crippen molar-refractivity contribution in [3.05, 3.63) is 22.8 Å². The van der Waals surface area contributed by atoms with Crippen molar-refractivity contribution in [2.45, 2.75) is 38.9 Å². The molecule has 108 valence electrons. The predicted octanol–water partition coefficient (Wildman–Crippen LogP) is 1.42. The Bertz CT molecular complexity index is 585. The van der Waals surface area contributed by atoms with E-state index in [1.54, 1.807) is 0 Å². The summed E-state index contributed by atoms with van der Waals surface area (Å²) in [5, 5.41) is 17.3. The molecule has 0 aliphatic heterocycles. The standard InChI is InChI=1S/C12H18N6OS/c1-6(11-7(2)15-16-8(11)3)13-10(19)5-20-12-14-9(4)17-18-12/h6H,5H2,1-4H3,(H,13,19)(H,15,16)(H,14,17,18)/t6-/m0/s1. The van der Waals surface area contributed by atoms with E-state index >= 15 is 0 Å². The first-order valence-electron chi connectivity index (χ1n) is 6.30. The molecule has 1 atom stereocenters. The number of nitrogens with one attached hydrogen (secondary N) is 3. The minimum Gasteiger partial charge on any atom is -0.349 e. The quantitative estimate of drug-likeness (QED) is 0.724. The Kier molecular flexibility index (Phi) is 4.43. The van der Waals surface area contributed by atoms with Crippen molar-refractivity contribution in [3.63, 3.8) is 0 Å². The largest absolute Gasteiger partial charge is 0.349 e. The maximum atomic E-state index is 11.9. The molecule has 2 heterocycles. The number of aromatic amines is 2. The van der Waals surface area contributed by atoms with Crippen molar-refractivity contribution < 1.29 is 4.79 Å². The lowest BCUT2D eigenvalue weighted by molar-refractivity contribution is -0.119. The summed E-state index contributed by atoms with van der Waals surface area (Å²) in [6.07, 6.45) is 0. The highest BCUT2D eigenvalue weighted by atomic mass is 32.2. The number of carbonyl (C=O) groups is 1. The highest BCUT2D eigenvalue weighted by Gasteiger charge is 2.16. The van der Waals surface area contributed by atoms with Crippen LogP contribution in [0.4, 0.5) is 0 Å². The topological polar surface area (TPSA) is 99.3 Å². The Labute approximate surface area is 121 Å². The summed E-state index contributed by atoms with van der Waals surface area (Å²) in [5.41, 5.74) is 2.93. The van der Waals surface area contributed by atoms with Gasteiger partial charge in [-0.1, -0.05) is 11.8 Å². The van der Waals surface area contributed by atoms with Crippen molar-refractivity contribution in [2.24, 2.45) is 0 Å². The van der Waals surface area contributed by atoms with Gasteiger partial charge in [-0.2, -0.15) is 5.10 Å². The van der Waals surface area contributed by atoms with Crippen LogP contribution in [0.15, 0.2) is 5.16 Å².